The van der Waals surface area contributed by atoms with Gasteiger partial charge in [-0.05, 0) is 5.56 Å². The molecule has 0 aromatic heterocycles. The molecule has 2 heterocycles. The highest BCUT2D eigenvalue weighted by molar-refractivity contribution is 6.15. The molecule has 4 heteroatoms. The molecular weight excluding hydrogens is 216 g/mol. The Morgan fingerprint density at radius 1 is 1.24 bits per heavy atom. The molecule has 86 valence electrons. The lowest BCUT2D eigenvalue weighted by molar-refractivity contribution is -0.125. The van der Waals surface area contributed by atoms with Gasteiger partial charge in [0, 0.05) is 24.9 Å². The average molecular weight is 228 g/mol. The van der Waals surface area contributed by atoms with Crippen molar-refractivity contribution in [3.63, 3.8) is 0 Å². The van der Waals surface area contributed by atoms with Crippen molar-refractivity contribution >= 4 is 11.8 Å². The lowest BCUT2D eigenvalue weighted by Crippen LogP contribution is -2.28. The molecule has 17 heavy (non-hydrogen) atoms. The summed E-state index contributed by atoms with van der Waals surface area (Å²) in [5.74, 6) is -0.682. The van der Waals surface area contributed by atoms with Crippen LogP contribution in [0.3, 0.4) is 0 Å². The predicted molar refractivity (Wildman–Crippen MR) is 61.6 cm³/mol. The normalized spacial score (nSPS) is 22.5. The maximum absolute atomic E-state index is 11.5. The number of carbonyl (C=O) groups is 2. The molecule has 2 amide bonds. The molecule has 2 aliphatic heterocycles. The molecule has 1 aromatic rings. The summed E-state index contributed by atoms with van der Waals surface area (Å²) < 4.78 is 0. The fourth-order valence-electron chi connectivity index (χ4n) is 2.31. The monoisotopic (exact) mass is 228 g/mol. The Morgan fingerprint density at radius 2 is 2.00 bits per heavy atom. The Kier molecular flexibility index (Phi) is 2.21. The van der Waals surface area contributed by atoms with Crippen molar-refractivity contribution in [1.29, 1.82) is 0 Å². The van der Waals surface area contributed by atoms with Crippen LogP contribution in [0.4, 0.5) is 0 Å². The maximum atomic E-state index is 11.5. The third-order valence-electron chi connectivity index (χ3n) is 3.16. The molecule has 1 fully saturated rings. The number of rotatable bonds is 2. The minimum Gasteiger partial charge on any atom is -0.371 e. The highest BCUT2D eigenvalue weighted by Crippen LogP contribution is 2.27. The predicted octanol–water partition coefficient (Wildman–Crippen LogP) is 0.659. The Balaban J connectivity index is 1.77. The van der Waals surface area contributed by atoms with Crippen molar-refractivity contribution in [3.05, 3.63) is 47.7 Å². The minimum absolute atomic E-state index is 0.170. The molecule has 0 aliphatic carbocycles. The number of benzene rings is 1. The third-order valence-corrected chi connectivity index (χ3v) is 3.16. The maximum Gasteiger partial charge on any atom is 0.256 e. The van der Waals surface area contributed by atoms with Crippen molar-refractivity contribution in [2.75, 3.05) is 6.54 Å². The van der Waals surface area contributed by atoms with Crippen LogP contribution in [0.2, 0.25) is 0 Å². The van der Waals surface area contributed by atoms with Crippen LogP contribution >= 0.6 is 0 Å². The molecule has 2 aliphatic rings. The molecule has 1 N–H and O–H groups in total. The first-order valence-corrected chi connectivity index (χ1v) is 5.59. The number of hydrogen-bond acceptors (Lipinski definition) is 3. The summed E-state index contributed by atoms with van der Waals surface area (Å²) in [6.45, 7) is 1.34. The largest absolute Gasteiger partial charge is 0.371 e. The van der Waals surface area contributed by atoms with Gasteiger partial charge in [0.1, 0.15) is 0 Å². The number of nitrogens with zero attached hydrogens (tertiary/aromatic N) is 1. The number of amides is 2. The van der Waals surface area contributed by atoms with Crippen LogP contribution in [0.1, 0.15) is 5.56 Å². The van der Waals surface area contributed by atoms with Crippen LogP contribution in [0.25, 0.3) is 0 Å². The van der Waals surface area contributed by atoms with Gasteiger partial charge in [-0.3, -0.25) is 14.9 Å². The molecule has 1 atom stereocenters. The van der Waals surface area contributed by atoms with E-state index in [0.717, 1.165) is 6.54 Å². The molecule has 1 aromatic carbocycles. The molecule has 0 spiro atoms. The van der Waals surface area contributed by atoms with E-state index >= 15 is 0 Å². The Hall–Kier alpha value is -2.10. The number of carbonyl (C=O) groups excluding carboxylic acids is 2. The van der Waals surface area contributed by atoms with E-state index in [1.807, 2.05) is 35.2 Å². The van der Waals surface area contributed by atoms with Crippen molar-refractivity contribution < 1.29 is 9.59 Å². The van der Waals surface area contributed by atoms with Gasteiger partial charge in [-0.15, -0.1) is 0 Å². The molecule has 0 saturated carbocycles. The van der Waals surface area contributed by atoms with E-state index in [4.69, 9.17) is 0 Å². The quantitative estimate of drug-likeness (QED) is 0.756. The van der Waals surface area contributed by atoms with Gasteiger partial charge in [-0.2, -0.15) is 0 Å². The highest BCUT2D eigenvalue weighted by Gasteiger charge is 2.41. The molecular formula is C13H12N2O2. The molecule has 1 unspecified atom stereocenters. The summed E-state index contributed by atoms with van der Waals surface area (Å²) in [5, 5.41) is 2.33. The van der Waals surface area contributed by atoms with Gasteiger partial charge in [0.2, 0.25) is 5.91 Å². The van der Waals surface area contributed by atoms with Gasteiger partial charge in [0.15, 0.2) is 0 Å². The van der Waals surface area contributed by atoms with Crippen LogP contribution in [-0.2, 0) is 16.1 Å². The first kappa shape index (κ1) is 10.1. The molecule has 0 bridgehead atoms. The zero-order valence-corrected chi connectivity index (χ0v) is 9.22. The van der Waals surface area contributed by atoms with E-state index in [9.17, 15) is 9.59 Å². The van der Waals surface area contributed by atoms with Gasteiger partial charge < -0.3 is 4.90 Å². The zero-order chi connectivity index (χ0) is 11.8. The summed E-state index contributed by atoms with van der Waals surface area (Å²) in [4.78, 5) is 24.9. The van der Waals surface area contributed by atoms with Crippen molar-refractivity contribution in [2.45, 2.75) is 6.54 Å². The van der Waals surface area contributed by atoms with Crippen LogP contribution in [0, 0.1) is 5.92 Å². The fraction of sp³-hybridized carbons (Fsp3) is 0.231. The van der Waals surface area contributed by atoms with Crippen molar-refractivity contribution in [3.8, 4) is 0 Å². The topological polar surface area (TPSA) is 49.4 Å². The number of hydrogen-bond donors (Lipinski definition) is 1. The molecule has 3 rings (SSSR count). The first-order valence-electron chi connectivity index (χ1n) is 5.59. The Bertz CT molecular complexity index is 507. The van der Waals surface area contributed by atoms with E-state index in [0.29, 0.717) is 12.1 Å². The average Bonchev–Trinajstić information content (AvgIpc) is 2.83. The van der Waals surface area contributed by atoms with E-state index in [1.165, 1.54) is 5.56 Å². The lowest BCUT2D eigenvalue weighted by Gasteiger charge is -2.16. The standard InChI is InChI=1S/C13H12N2O2/c16-12-10-7-15(8-11(10)13(17)14-12)6-9-4-2-1-3-5-9/h1-5,7,11H,6,8H2,(H,14,16,17). The van der Waals surface area contributed by atoms with Crippen LogP contribution in [0.15, 0.2) is 42.1 Å². The first-order chi connectivity index (χ1) is 8.24. The minimum atomic E-state index is -0.272. The fourth-order valence-corrected chi connectivity index (χ4v) is 2.31. The van der Waals surface area contributed by atoms with Gasteiger partial charge >= 0.3 is 0 Å². The zero-order valence-electron chi connectivity index (χ0n) is 9.22. The van der Waals surface area contributed by atoms with Gasteiger partial charge in [-0.1, -0.05) is 30.3 Å². The third kappa shape index (κ3) is 1.71. The van der Waals surface area contributed by atoms with Crippen LogP contribution < -0.4 is 5.32 Å². The second-order valence-electron chi connectivity index (χ2n) is 4.37. The summed E-state index contributed by atoms with van der Waals surface area (Å²) in [6, 6.07) is 10.0. The van der Waals surface area contributed by atoms with E-state index in [1.54, 1.807) is 6.20 Å². The lowest BCUT2D eigenvalue weighted by atomic mass is 10.1. The van der Waals surface area contributed by atoms with Crippen molar-refractivity contribution in [1.82, 2.24) is 10.2 Å². The Morgan fingerprint density at radius 3 is 2.71 bits per heavy atom. The van der Waals surface area contributed by atoms with E-state index in [2.05, 4.69) is 5.32 Å². The molecule has 1 saturated heterocycles. The Labute approximate surface area is 98.9 Å². The smallest absolute Gasteiger partial charge is 0.256 e. The summed E-state index contributed by atoms with van der Waals surface area (Å²) in [6.07, 6.45) is 1.80. The van der Waals surface area contributed by atoms with Gasteiger partial charge in [0.25, 0.3) is 5.91 Å². The number of nitrogens with one attached hydrogen (secondary N) is 1. The highest BCUT2D eigenvalue weighted by atomic mass is 16.2. The molecule has 0 radical (unpaired) electrons. The molecule has 4 nitrogen and oxygen atoms in total. The van der Waals surface area contributed by atoms with Crippen LogP contribution in [-0.4, -0.2) is 23.3 Å². The second-order valence-corrected chi connectivity index (χ2v) is 4.37. The summed E-state index contributed by atoms with van der Waals surface area (Å²) in [7, 11) is 0. The summed E-state index contributed by atoms with van der Waals surface area (Å²) >= 11 is 0. The number of imide groups is 1. The summed E-state index contributed by atoms with van der Waals surface area (Å²) in [5.41, 5.74) is 1.78. The van der Waals surface area contributed by atoms with Crippen molar-refractivity contribution in [2.24, 2.45) is 5.92 Å². The van der Waals surface area contributed by atoms with Gasteiger partial charge in [-0.25, -0.2) is 0 Å². The van der Waals surface area contributed by atoms with E-state index in [-0.39, 0.29) is 17.7 Å². The van der Waals surface area contributed by atoms with Crippen LogP contribution in [0.5, 0.6) is 0 Å². The van der Waals surface area contributed by atoms with Gasteiger partial charge in [0.05, 0.1) is 5.92 Å². The SMILES string of the molecule is O=C1NC(=O)C2CN(Cc3ccccc3)C=C12. The number of fused-ring (bicyclic) bond motifs is 1. The second kappa shape index (κ2) is 3.73. The van der Waals surface area contributed by atoms with E-state index < -0.39 is 0 Å².